The Kier molecular flexibility index (Phi) is 3.27. The van der Waals surface area contributed by atoms with Crippen molar-refractivity contribution >= 4 is 17.1 Å². The molecule has 2 heterocycles. The van der Waals surface area contributed by atoms with Crippen LogP contribution in [0.5, 0.6) is 0 Å². The molecule has 0 amide bonds. The lowest BCUT2D eigenvalue weighted by Gasteiger charge is -2.15. The molecule has 0 unspecified atom stereocenters. The summed E-state index contributed by atoms with van der Waals surface area (Å²) in [6.07, 6.45) is 3.68. The van der Waals surface area contributed by atoms with Gasteiger partial charge in [-0.1, -0.05) is 0 Å². The Morgan fingerprint density at radius 3 is 2.95 bits per heavy atom. The van der Waals surface area contributed by atoms with E-state index in [-0.39, 0.29) is 0 Å². The fourth-order valence-electron chi connectivity index (χ4n) is 2.85. The highest BCUT2D eigenvalue weighted by Crippen LogP contribution is 2.25. The van der Waals surface area contributed by atoms with Gasteiger partial charge in [-0.3, -0.25) is 4.79 Å². The van der Waals surface area contributed by atoms with Crippen LogP contribution in [-0.2, 0) is 19.4 Å². The van der Waals surface area contributed by atoms with Gasteiger partial charge in [-0.25, -0.2) is 4.98 Å². The maximum absolute atomic E-state index is 11.9. The Morgan fingerprint density at radius 1 is 1.37 bits per heavy atom. The zero-order chi connectivity index (χ0) is 13.4. The molecule has 0 aliphatic heterocycles. The number of hydrogen-bond acceptors (Lipinski definition) is 3. The van der Waals surface area contributed by atoms with Gasteiger partial charge in [0.1, 0.15) is 0 Å². The molecule has 1 aliphatic carbocycles. The van der Waals surface area contributed by atoms with E-state index >= 15 is 0 Å². The van der Waals surface area contributed by atoms with E-state index in [1.165, 1.54) is 11.4 Å². The fourth-order valence-corrected chi connectivity index (χ4v) is 3.50. The van der Waals surface area contributed by atoms with Gasteiger partial charge in [-0.15, -0.1) is 11.3 Å². The van der Waals surface area contributed by atoms with Gasteiger partial charge in [0.05, 0.1) is 10.7 Å². The fraction of sp³-hybridized carbons (Fsp3) is 0.467. The summed E-state index contributed by atoms with van der Waals surface area (Å²) in [6.45, 7) is 5.06. The van der Waals surface area contributed by atoms with Crippen molar-refractivity contribution in [1.82, 2.24) is 9.55 Å². The zero-order valence-electron chi connectivity index (χ0n) is 11.4. The predicted molar refractivity (Wildman–Crippen MR) is 77.0 cm³/mol. The van der Waals surface area contributed by atoms with Crippen LogP contribution in [0.25, 0.3) is 0 Å². The summed E-state index contributed by atoms with van der Waals surface area (Å²) in [5.74, 6) is 0.313. The number of ketones is 1. The van der Waals surface area contributed by atoms with Gasteiger partial charge >= 0.3 is 0 Å². The van der Waals surface area contributed by atoms with Crippen molar-refractivity contribution in [1.29, 1.82) is 0 Å². The van der Waals surface area contributed by atoms with Gasteiger partial charge < -0.3 is 4.57 Å². The second-order valence-electron chi connectivity index (χ2n) is 5.18. The third kappa shape index (κ3) is 2.37. The summed E-state index contributed by atoms with van der Waals surface area (Å²) in [5, 5.41) is 3.25. The number of Topliss-reactive ketones (excluding diaryl/α,β-unsaturated/α-hetero) is 1. The molecule has 0 fully saturated rings. The van der Waals surface area contributed by atoms with Crippen molar-refractivity contribution in [3.8, 4) is 0 Å². The maximum Gasteiger partial charge on any atom is 0.164 e. The Labute approximate surface area is 117 Å². The van der Waals surface area contributed by atoms with Crippen molar-refractivity contribution in [3.63, 3.8) is 0 Å². The van der Waals surface area contributed by atoms with Crippen LogP contribution < -0.4 is 0 Å². The lowest BCUT2D eigenvalue weighted by Crippen LogP contribution is -2.14. The minimum absolute atomic E-state index is 0.313. The van der Waals surface area contributed by atoms with Crippen LogP contribution in [0.1, 0.15) is 45.3 Å². The maximum atomic E-state index is 11.9. The van der Waals surface area contributed by atoms with Gasteiger partial charge in [0.25, 0.3) is 0 Å². The highest BCUT2D eigenvalue weighted by Gasteiger charge is 2.22. The minimum Gasteiger partial charge on any atom is -0.348 e. The first-order chi connectivity index (χ1) is 9.15. The number of rotatable bonds is 3. The van der Waals surface area contributed by atoms with Crippen molar-refractivity contribution in [3.05, 3.63) is 39.1 Å². The first-order valence-electron chi connectivity index (χ1n) is 6.78. The Hall–Kier alpha value is -1.42. The molecule has 3 rings (SSSR count). The van der Waals surface area contributed by atoms with Crippen molar-refractivity contribution in [2.75, 3.05) is 0 Å². The molecule has 0 saturated heterocycles. The van der Waals surface area contributed by atoms with Gasteiger partial charge in [0.15, 0.2) is 5.78 Å². The van der Waals surface area contributed by atoms with Crippen molar-refractivity contribution in [2.24, 2.45) is 0 Å². The number of carbonyl (C=O) groups is 1. The van der Waals surface area contributed by atoms with E-state index in [0.717, 1.165) is 42.1 Å². The topological polar surface area (TPSA) is 34.9 Å². The first-order valence-corrected chi connectivity index (χ1v) is 7.66. The number of hydrogen-bond donors (Lipinski definition) is 0. The Balaban J connectivity index is 1.83. The summed E-state index contributed by atoms with van der Waals surface area (Å²) in [4.78, 5) is 16.4. The zero-order valence-corrected chi connectivity index (χ0v) is 12.2. The molecule has 0 aromatic carbocycles. The predicted octanol–water partition coefficient (Wildman–Crippen LogP) is 3.32. The third-order valence-electron chi connectivity index (χ3n) is 3.79. The second-order valence-corrected chi connectivity index (χ2v) is 6.24. The molecule has 4 heteroatoms. The molecule has 2 aromatic rings. The van der Waals surface area contributed by atoms with Crippen LogP contribution in [0.15, 0.2) is 11.4 Å². The molecular weight excluding hydrogens is 256 g/mol. The number of aryl methyl sites for hydroxylation is 3. The minimum atomic E-state index is 0.313. The summed E-state index contributed by atoms with van der Waals surface area (Å²) in [7, 11) is 0. The largest absolute Gasteiger partial charge is 0.348 e. The van der Waals surface area contributed by atoms with Gasteiger partial charge in [0, 0.05) is 41.7 Å². The van der Waals surface area contributed by atoms with Gasteiger partial charge in [0.2, 0.25) is 0 Å². The second kappa shape index (κ2) is 4.93. The quantitative estimate of drug-likeness (QED) is 0.860. The molecule has 0 saturated carbocycles. The lowest BCUT2D eigenvalue weighted by molar-refractivity contribution is 0.0972. The molecule has 3 nitrogen and oxygen atoms in total. The normalized spacial score (nSPS) is 14.7. The molecule has 0 bridgehead atoms. The number of aromatic nitrogens is 2. The van der Waals surface area contributed by atoms with Crippen LogP contribution in [0.4, 0.5) is 0 Å². The van der Waals surface area contributed by atoms with Crippen LogP contribution >= 0.6 is 11.3 Å². The van der Waals surface area contributed by atoms with Crippen LogP contribution in [-0.4, -0.2) is 15.3 Å². The Morgan fingerprint density at radius 2 is 2.21 bits per heavy atom. The van der Waals surface area contributed by atoms with E-state index in [1.807, 2.05) is 6.92 Å². The first kappa shape index (κ1) is 12.6. The van der Waals surface area contributed by atoms with E-state index in [2.05, 4.69) is 27.9 Å². The molecule has 0 radical (unpaired) electrons. The molecule has 0 N–H and O–H groups in total. The van der Waals surface area contributed by atoms with E-state index in [9.17, 15) is 4.79 Å². The average Bonchev–Trinajstić information content (AvgIpc) is 2.92. The monoisotopic (exact) mass is 274 g/mol. The molecule has 2 aromatic heterocycles. The van der Waals surface area contributed by atoms with E-state index < -0.39 is 0 Å². The van der Waals surface area contributed by atoms with Crippen LogP contribution in [0, 0.1) is 13.8 Å². The molecule has 1 aliphatic rings. The third-order valence-corrected chi connectivity index (χ3v) is 4.61. The molecule has 19 heavy (non-hydrogen) atoms. The SMILES string of the molecule is Cc1nc(CCn2c(C)cc3c2CCCC3=O)cs1. The summed E-state index contributed by atoms with van der Waals surface area (Å²) < 4.78 is 2.31. The molecule has 100 valence electrons. The van der Waals surface area contributed by atoms with Gasteiger partial charge in [-0.2, -0.15) is 0 Å². The molecular formula is C15H18N2OS. The van der Waals surface area contributed by atoms with E-state index in [0.29, 0.717) is 12.2 Å². The highest BCUT2D eigenvalue weighted by molar-refractivity contribution is 7.09. The number of fused-ring (bicyclic) bond motifs is 1. The van der Waals surface area contributed by atoms with E-state index in [4.69, 9.17) is 0 Å². The summed E-state index contributed by atoms with van der Waals surface area (Å²) in [6, 6.07) is 2.06. The highest BCUT2D eigenvalue weighted by atomic mass is 32.1. The number of nitrogens with zero attached hydrogens (tertiary/aromatic N) is 2. The average molecular weight is 274 g/mol. The summed E-state index contributed by atoms with van der Waals surface area (Å²) in [5.41, 5.74) is 4.55. The van der Waals surface area contributed by atoms with Crippen LogP contribution in [0.3, 0.4) is 0 Å². The van der Waals surface area contributed by atoms with Crippen molar-refractivity contribution in [2.45, 2.75) is 46.1 Å². The number of carbonyl (C=O) groups excluding carboxylic acids is 1. The smallest absolute Gasteiger partial charge is 0.164 e. The standard InChI is InChI=1S/C15H18N2OS/c1-10-8-13-14(4-3-5-15(13)18)17(10)7-6-12-9-19-11(2)16-12/h8-9H,3-7H2,1-2H3. The molecule has 0 spiro atoms. The lowest BCUT2D eigenvalue weighted by atomic mass is 9.96. The Bertz CT molecular complexity index is 624. The summed E-state index contributed by atoms with van der Waals surface area (Å²) >= 11 is 1.70. The van der Waals surface area contributed by atoms with Crippen LogP contribution in [0.2, 0.25) is 0 Å². The number of thiazole rings is 1. The van der Waals surface area contributed by atoms with Gasteiger partial charge in [-0.05, 0) is 32.8 Å². The molecule has 0 atom stereocenters. The van der Waals surface area contributed by atoms with Crippen molar-refractivity contribution < 1.29 is 4.79 Å². The van der Waals surface area contributed by atoms with E-state index in [1.54, 1.807) is 11.3 Å².